The molecule has 12 heteroatoms. The van der Waals surface area contributed by atoms with Gasteiger partial charge in [-0.3, -0.25) is 0 Å². The molecule has 2 saturated heterocycles. The highest BCUT2D eigenvalue weighted by atomic mass is 19.4. The molecule has 0 unspecified atom stereocenters. The van der Waals surface area contributed by atoms with Crippen LogP contribution in [0.15, 0.2) is 18.2 Å². The van der Waals surface area contributed by atoms with E-state index in [-0.39, 0.29) is 28.8 Å². The molecule has 4 rings (SSSR count). The largest absolute Gasteiger partial charge is 0.434 e. The van der Waals surface area contributed by atoms with Crippen LogP contribution in [0.4, 0.5) is 39.5 Å². The second-order valence-electron chi connectivity index (χ2n) is 8.24. The van der Waals surface area contributed by atoms with Crippen LogP contribution in [-0.2, 0) is 6.18 Å². The lowest BCUT2D eigenvalue weighted by molar-refractivity contribution is -0.140. The monoisotopic (exact) mass is 444 g/mol. The fourth-order valence-electron chi connectivity index (χ4n) is 3.62. The van der Waals surface area contributed by atoms with Gasteiger partial charge >= 0.3 is 6.18 Å². The number of rotatable bonds is 3. The SMILES string of the molecule is CC1(O)CCN(c2nc(-c3ccc(N)nc3C(F)(F)F)cc(N3CC(F)(F)C3)n2)CC1. The van der Waals surface area contributed by atoms with Crippen molar-refractivity contribution in [1.29, 1.82) is 0 Å². The van der Waals surface area contributed by atoms with Gasteiger partial charge in [-0.05, 0) is 31.9 Å². The van der Waals surface area contributed by atoms with Crippen molar-refractivity contribution in [3.05, 3.63) is 23.9 Å². The maximum absolute atomic E-state index is 13.6. The molecule has 0 bridgehead atoms. The van der Waals surface area contributed by atoms with E-state index >= 15 is 0 Å². The predicted octanol–water partition coefficient (Wildman–Crippen LogP) is 2.95. The van der Waals surface area contributed by atoms with E-state index in [4.69, 9.17) is 5.73 Å². The van der Waals surface area contributed by atoms with Gasteiger partial charge in [-0.25, -0.2) is 18.7 Å². The molecule has 2 aliphatic rings. The lowest BCUT2D eigenvalue weighted by Crippen LogP contribution is -2.56. The molecule has 0 amide bonds. The van der Waals surface area contributed by atoms with Crippen molar-refractivity contribution in [3.63, 3.8) is 0 Å². The van der Waals surface area contributed by atoms with Crippen molar-refractivity contribution in [1.82, 2.24) is 15.0 Å². The molecule has 2 fully saturated rings. The summed E-state index contributed by atoms with van der Waals surface area (Å²) in [5, 5.41) is 10.2. The maximum Gasteiger partial charge on any atom is 0.434 e. The van der Waals surface area contributed by atoms with Crippen molar-refractivity contribution in [3.8, 4) is 11.3 Å². The van der Waals surface area contributed by atoms with Crippen molar-refractivity contribution in [2.45, 2.75) is 37.5 Å². The molecule has 0 spiro atoms. The molecule has 2 aliphatic heterocycles. The average Bonchev–Trinajstić information content (AvgIpc) is 2.65. The summed E-state index contributed by atoms with van der Waals surface area (Å²) in [6.45, 7) is 1.29. The Morgan fingerprint density at radius 3 is 2.26 bits per heavy atom. The number of alkyl halides is 5. The summed E-state index contributed by atoms with van der Waals surface area (Å²) in [7, 11) is 0. The van der Waals surface area contributed by atoms with Gasteiger partial charge in [0, 0.05) is 24.7 Å². The van der Waals surface area contributed by atoms with Crippen LogP contribution in [0, 0.1) is 0 Å². The van der Waals surface area contributed by atoms with Crippen LogP contribution in [0.2, 0.25) is 0 Å². The number of hydrogen-bond acceptors (Lipinski definition) is 7. The highest BCUT2D eigenvalue weighted by molar-refractivity contribution is 5.69. The van der Waals surface area contributed by atoms with Crippen molar-refractivity contribution < 1.29 is 27.1 Å². The number of nitrogens with two attached hydrogens (primary N) is 1. The Labute approximate surface area is 174 Å². The van der Waals surface area contributed by atoms with E-state index < -0.39 is 36.5 Å². The second-order valence-corrected chi connectivity index (χ2v) is 8.24. The first-order chi connectivity index (χ1) is 14.3. The number of nitrogens with zero attached hydrogens (tertiary/aromatic N) is 5. The van der Waals surface area contributed by atoms with Gasteiger partial charge in [0.15, 0.2) is 5.69 Å². The van der Waals surface area contributed by atoms with E-state index in [1.807, 2.05) is 0 Å². The molecule has 168 valence electrons. The van der Waals surface area contributed by atoms with Crippen molar-refractivity contribution in [2.75, 3.05) is 41.7 Å². The maximum atomic E-state index is 13.6. The Bertz CT molecular complexity index is 978. The van der Waals surface area contributed by atoms with Gasteiger partial charge in [-0.2, -0.15) is 18.2 Å². The van der Waals surface area contributed by atoms with Crippen LogP contribution in [0.1, 0.15) is 25.5 Å². The zero-order chi connectivity index (χ0) is 22.6. The molecular weight excluding hydrogens is 423 g/mol. The Morgan fingerprint density at radius 1 is 1.03 bits per heavy atom. The molecule has 7 nitrogen and oxygen atoms in total. The summed E-state index contributed by atoms with van der Waals surface area (Å²) in [6.07, 6.45) is -3.96. The third-order valence-electron chi connectivity index (χ3n) is 5.45. The van der Waals surface area contributed by atoms with E-state index in [9.17, 15) is 27.1 Å². The number of aromatic nitrogens is 3. The van der Waals surface area contributed by atoms with Crippen LogP contribution in [-0.4, -0.2) is 57.8 Å². The molecule has 2 aromatic heterocycles. The summed E-state index contributed by atoms with van der Waals surface area (Å²) in [4.78, 5) is 15.1. The van der Waals surface area contributed by atoms with Gasteiger partial charge in [0.2, 0.25) is 5.95 Å². The van der Waals surface area contributed by atoms with E-state index in [1.165, 1.54) is 17.0 Å². The molecule has 0 aromatic carbocycles. The molecule has 2 aromatic rings. The molecule has 0 atom stereocenters. The predicted molar refractivity (Wildman–Crippen MR) is 104 cm³/mol. The summed E-state index contributed by atoms with van der Waals surface area (Å²) >= 11 is 0. The lowest BCUT2D eigenvalue weighted by atomic mass is 9.94. The fraction of sp³-hybridized carbons (Fsp3) is 0.526. The number of hydrogen-bond donors (Lipinski definition) is 2. The highest BCUT2D eigenvalue weighted by Gasteiger charge is 2.45. The van der Waals surface area contributed by atoms with Gasteiger partial charge in [0.05, 0.1) is 24.4 Å². The van der Waals surface area contributed by atoms with Crippen molar-refractivity contribution in [2.24, 2.45) is 0 Å². The normalized spacial score (nSPS) is 20.5. The topological polar surface area (TPSA) is 91.4 Å². The number of piperidine rings is 1. The molecule has 31 heavy (non-hydrogen) atoms. The molecule has 0 aliphatic carbocycles. The first kappa shape index (κ1) is 21.5. The number of anilines is 3. The zero-order valence-corrected chi connectivity index (χ0v) is 16.6. The van der Waals surface area contributed by atoms with Gasteiger partial charge in [-0.15, -0.1) is 0 Å². The minimum absolute atomic E-state index is 0.0904. The molecule has 4 heterocycles. The van der Waals surface area contributed by atoms with Gasteiger partial charge in [-0.1, -0.05) is 0 Å². The first-order valence-electron chi connectivity index (χ1n) is 9.66. The van der Waals surface area contributed by atoms with Crippen LogP contribution >= 0.6 is 0 Å². The number of aliphatic hydroxyl groups is 1. The highest BCUT2D eigenvalue weighted by Crippen LogP contribution is 2.39. The summed E-state index contributed by atoms with van der Waals surface area (Å²) in [6, 6.07) is 3.63. The zero-order valence-electron chi connectivity index (χ0n) is 16.6. The van der Waals surface area contributed by atoms with E-state index in [2.05, 4.69) is 15.0 Å². The number of pyridine rings is 1. The van der Waals surface area contributed by atoms with Crippen molar-refractivity contribution >= 4 is 17.6 Å². The lowest BCUT2D eigenvalue weighted by Gasteiger charge is -2.40. The molecule has 3 N–H and O–H groups in total. The van der Waals surface area contributed by atoms with Gasteiger partial charge < -0.3 is 20.6 Å². The smallest absolute Gasteiger partial charge is 0.390 e. The third-order valence-corrected chi connectivity index (χ3v) is 5.45. The molecular formula is C19H21F5N6O. The average molecular weight is 444 g/mol. The Kier molecular flexibility index (Phi) is 4.95. The van der Waals surface area contributed by atoms with Gasteiger partial charge in [0.25, 0.3) is 5.92 Å². The standard InChI is InChI=1S/C19H21F5N6O/c1-17(31)4-6-29(7-5-17)16-26-12(8-14(28-16)30-9-18(20,21)10-30)11-2-3-13(25)27-15(11)19(22,23)24/h2-3,8,31H,4-7,9-10H2,1H3,(H2,25,27). The fourth-order valence-corrected chi connectivity index (χ4v) is 3.62. The Hall–Kier alpha value is -2.76. The summed E-state index contributed by atoms with van der Waals surface area (Å²) in [5.41, 5.74) is 2.97. The Morgan fingerprint density at radius 2 is 1.68 bits per heavy atom. The minimum atomic E-state index is -4.79. The number of nitrogen functional groups attached to an aromatic ring is 1. The quantitative estimate of drug-likeness (QED) is 0.704. The third kappa shape index (κ3) is 4.48. The molecule has 0 radical (unpaired) electrons. The summed E-state index contributed by atoms with van der Waals surface area (Å²) < 4.78 is 67.6. The van der Waals surface area contributed by atoms with E-state index in [1.54, 1.807) is 11.8 Å². The minimum Gasteiger partial charge on any atom is -0.390 e. The van der Waals surface area contributed by atoms with E-state index in [0.29, 0.717) is 25.9 Å². The van der Waals surface area contributed by atoms with Crippen LogP contribution in [0.25, 0.3) is 11.3 Å². The van der Waals surface area contributed by atoms with Crippen LogP contribution < -0.4 is 15.5 Å². The van der Waals surface area contributed by atoms with Crippen LogP contribution in [0.5, 0.6) is 0 Å². The first-order valence-corrected chi connectivity index (χ1v) is 9.66. The van der Waals surface area contributed by atoms with Crippen LogP contribution in [0.3, 0.4) is 0 Å². The second kappa shape index (κ2) is 7.14. The molecule has 0 saturated carbocycles. The van der Waals surface area contributed by atoms with Gasteiger partial charge in [0.1, 0.15) is 11.6 Å². The van der Waals surface area contributed by atoms with E-state index in [0.717, 1.165) is 6.07 Å². The summed E-state index contributed by atoms with van der Waals surface area (Å²) in [5.74, 6) is -2.96. The number of halogens is 5. The Balaban J connectivity index is 1.78.